The van der Waals surface area contributed by atoms with Gasteiger partial charge >= 0.3 is 5.97 Å². The van der Waals surface area contributed by atoms with Gasteiger partial charge in [0.1, 0.15) is 10.2 Å². The Kier molecular flexibility index (Phi) is 3.91. The second-order valence-electron chi connectivity index (χ2n) is 4.83. The van der Waals surface area contributed by atoms with E-state index in [1.54, 1.807) is 32.9 Å². The van der Waals surface area contributed by atoms with E-state index in [0.29, 0.717) is 22.5 Å². The topological polar surface area (TPSA) is 79.5 Å². The van der Waals surface area contributed by atoms with Crippen molar-refractivity contribution in [2.75, 3.05) is 0 Å². The molecule has 0 aliphatic carbocycles. The van der Waals surface area contributed by atoms with Crippen molar-refractivity contribution in [3.05, 3.63) is 55.4 Å². The van der Waals surface area contributed by atoms with Gasteiger partial charge < -0.3 is 10.2 Å². The first-order valence-electron chi connectivity index (χ1n) is 6.20. The van der Waals surface area contributed by atoms with E-state index in [1.165, 1.54) is 10.6 Å². The number of hydrogen-bond donors (Lipinski definition) is 2. The molecule has 0 unspecified atom stereocenters. The number of carbonyl (C=O) groups is 1. The third-order valence-corrected chi connectivity index (χ3v) is 4.16. The van der Waals surface area contributed by atoms with Crippen LogP contribution in [-0.2, 0) is 0 Å². The molecule has 0 aliphatic heterocycles. The highest BCUT2D eigenvalue weighted by Gasteiger charge is 2.18. The van der Waals surface area contributed by atoms with Crippen molar-refractivity contribution in [2.45, 2.75) is 20.8 Å². The average Bonchev–Trinajstić information content (AvgIpc) is 2.38. The zero-order chi connectivity index (χ0) is 15.9. The van der Waals surface area contributed by atoms with Gasteiger partial charge in [-0.15, -0.1) is 0 Å². The van der Waals surface area contributed by atoms with Gasteiger partial charge in [0.25, 0.3) is 5.56 Å². The summed E-state index contributed by atoms with van der Waals surface area (Å²) in [5.74, 6) is -1.17. The fraction of sp³-hybridized carbons (Fsp3) is 0.200. The molecule has 2 N–H and O–H groups in total. The van der Waals surface area contributed by atoms with Crippen molar-refractivity contribution < 1.29 is 15.0 Å². The molecular formula is C15H14BrNO4. The molecule has 0 radical (unpaired) electrons. The lowest BCUT2D eigenvalue weighted by Crippen LogP contribution is -2.22. The summed E-state index contributed by atoms with van der Waals surface area (Å²) < 4.78 is 1.43. The molecule has 110 valence electrons. The second kappa shape index (κ2) is 5.37. The number of aromatic nitrogens is 1. The first-order valence-corrected chi connectivity index (χ1v) is 7.00. The molecule has 0 fully saturated rings. The van der Waals surface area contributed by atoms with Gasteiger partial charge in [-0.2, -0.15) is 0 Å². The van der Waals surface area contributed by atoms with Crippen LogP contribution in [0.2, 0.25) is 0 Å². The highest BCUT2D eigenvalue weighted by atomic mass is 79.9. The van der Waals surface area contributed by atoms with Crippen molar-refractivity contribution in [3.8, 4) is 11.4 Å². The second-order valence-corrected chi connectivity index (χ2v) is 5.63. The predicted molar refractivity (Wildman–Crippen MR) is 82.6 cm³/mol. The minimum Gasteiger partial charge on any atom is -0.506 e. The summed E-state index contributed by atoms with van der Waals surface area (Å²) in [6, 6.07) is 4.82. The number of carboxylic acids is 1. The van der Waals surface area contributed by atoms with Gasteiger partial charge in [-0.3, -0.25) is 9.36 Å². The summed E-state index contributed by atoms with van der Waals surface area (Å²) >= 11 is 3.05. The highest BCUT2D eigenvalue weighted by molar-refractivity contribution is 9.10. The summed E-state index contributed by atoms with van der Waals surface area (Å²) in [7, 11) is 0. The van der Waals surface area contributed by atoms with Gasteiger partial charge in [0.15, 0.2) is 0 Å². The summed E-state index contributed by atoms with van der Waals surface area (Å²) in [6.07, 6.45) is 0. The van der Waals surface area contributed by atoms with Crippen LogP contribution in [0.25, 0.3) is 5.69 Å². The molecule has 0 atom stereocenters. The lowest BCUT2D eigenvalue weighted by atomic mass is 10.0. The Balaban J connectivity index is 2.87. The monoisotopic (exact) mass is 351 g/mol. The fourth-order valence-electron chi connectivity index (χ4n) is 2.40. The molecule has 6 heteroatoms. The molecule has 0 bridgehead atoms. The molecular weight excluding hydrogens is 338 g/mol. The Labute approximate surface area is 129 Å². The Bertz CT molecular complexity index is 808. The number of hydrogen-bond acceptors (Lipinski definition) is 3. The SMILES string of the molecule is Cc1ccc(-n2c(C)cc(O)c(Br)c2=O)c(C)c1C(=O)O. The third-order valence-electron chi connectivity index (χ3n) is 3.41. The summed E-state index contributed by atoms with van der Waals surface area (Å²) in [4.78, 5) is 23.7. The third kappa shape index (κ3) is 2.47. The van der Waals surface area contributed by atoms with Crippen LogP contribution in [0.15, 0.2) is 27.5 Å². The van der Waals surface area contributed by atoms with E-state index in [0.717, 1.165) is 0 Å². The van der Waals surface area contributed by atoms with Crippen LogP contribution in [0.1, 0.15) is 27.2 Å². The average molecular weight is 352 g/mol. The number of carboxylic acid groups (broad SMARTS) is 1. The predicted octanol–water partition coefficient (Wildman–Crippen LogP) is 2.93. The molecule has 2 rings (SSSR count). The van der Waals surface area contributed by atoms with E-state index in [-0.39, 0.29) is 15.8 Å². The van der Waals surface area contributed by atoms with E-state index in [1.807, 2.05) is 0 Å². The maximum Gasteiger partial charge on any atom is 0.336 e. The molecule has 2 aromatic rings. The van der Waals surface area contributed by atoms with Crippen LogP contribution < -0.4 is 5.56 Å². The molecule has 1 heterocycles. The zero-order valence-electron chi connectivity index (χ0n) is 11.8. The molecule has 1 aromatic carbocycles. The van der Waals surface area contributed by atoms with Crippen LogP contribution in [0.5, 0.6) is 5.75 Å². The number of benzene rings is 1. The normalized spacial score (nSPS) is 10.7. The largest absolute Gasteiger partial charge is 0.506 e. The first-order chi connectivity index (χ1) is 9.75. The van der Waals surface area contributed by atoms with Gasteiger partial charge in [-0.1, -0.05) is 6.07 Å². The van der Waals surface area contributed by atoms with Crippen molar-refractivity contribution in [1.82, 2.24) is 4.57 Å². The van der Waals surface area contributed by atoms with Crippen LogP contribution >= 0.6 is 15.9 Å². The quantitative estimate of drug-likeness (QED) is 0.871. The maximum atomic E-state index is 12.3. The lowest BCUT2D eigenvalue weighted by molar-refractivity contribution is 0.0695. The Morgan fingerprint density at radius 3 is 2.43 bits per heavy atom. The number of rotatable bonds is 2. The molecule has 21 heavy (non-hydrogen) atoms. The number of halogens is 1. The number of aromatic carboxylic acids is 1. The standard InChI is InChI=1S/C15H14BrNO4/c1-7-4-5-10(9(3)12(7)15(20)21)17-8(2)6-11(18)13(16)14(17)19/h4-6,18H,1-3H3,(H,20,21). The number of aromatic hydroxyl groups is 1. The lowest BCUT2D eigenvalue weighted by Gasteiger charge is -2.16. The number of nitrogens with zero attached hydrogens (tertiary/aromatic N) is 1. The van der Waals surface area contributed by atoms with Gasteiger partial charge in [0.2, 0.25) is 0 Å². The highest BCUT2D eigenvalue weighted by Crippen LogP contribution is 2.25. The Hall–Kier alpha value is -2.08. The summed E-state index contributed by atoms with van der Waals surface area (Å²) in [6.45, 7) is 5.05. The van der Waals surface area contributed by atoms with E-state index in [2.05, 4.69) is 15.9 Å². The van der Waals surface area contributed by atoms with Gasteiger partial charge in [-0.25, -0.2) is 4.79 Å². The van der Waals surface area contributed by atoms with Gasteiger partial charge in [-0.05, 0) is 53.9 Å². The summed E-state index contributed by atoms with van der Waals surface area (Å²) in [5, 5.41) is 19.0. The van der Waals surface area contributed by atoms with E-state index in [4.69, 9.17) is 0 Å². The van der Waals surface area contributed by atoms with Crippen molar-refractivity contribution in [3.63, 3.8) is 0 Å². The van der Waals surface area contributed by atoms with E-state index in [9.17, 15) is 19.8 Å². The molecule has 0 spiro atoms. The van der Waals surface area contributed by atoms with Gasteiger partial charge in [0, 0.05) is 11.8 Å². The van der Waals surface area contributed by atoms with Crippen molar-refractivity contribution in [1.29, 1.82) is 0 Å². The Morgan fingerprint density at radius 1 is 1.24 bits per heavy atom. The van der Waals surface area contributed by atoms with Crippen LogP contribution in [0, 0.1) is 20.8 Å². The van der Waals surface area contributed by atoms with Crippen molar-refractivity contribution in [2.24, 2.45) is 0 Å². The summed E-state index contributed by atoms with van der Waals surface area (Å²) in [5.41, 5.74) is 1.89. The minimum absolute atomic E-state index is 0.0463. The van der Waals surface area contributed by atoms with E-state index < -0.39 is 11.5 Å². The molecule has 1 aromatic heterocycles. The van der Waals surface area contributed by atoms with Crippen LogP contribution in [0.4, 0.5) is 0 Å². The minimum atomic E-state index is -1.03. The molecule has 0 aliphatic rings. The van der Waals surface area contributed by atoms with E-state index >= 15 is 0 Å². The van der Waals surface area contributed by atoms with Crippen LogP contribution in [0.3, 0.4) is 0 Å². The molecule has 0 saturated heterocycles. The molecule has 5 nitrogen and oxygen atoms in total. The fourth-order valence-corrected chi connectivity index (χ4v) is 2.69. The Morgan fingerprint density at radius 2 is 1.86 bits per heavy atom. The molecule has 0 saturated carbocycles. The number of aryl methyl sites for hydroxylation is 2. The molecule has 0 amide bonds. The number of pyridine rings is 1. The maximum absolute atomic E-state index is 12.3. The zero-order valence-corrected chi connectivity index (χ0v) is 13.4. The van der Waals surface area contributed by atoms with Gasteiger partial charge in [0.05, 0.1) is 11.3 Å². The van der Waals surface area contributed by atoms with Crippen molar-refractivity contribution >= 4 is 21.9 Å². The first kappa shape index (κ1) is 15.3. The van der Waals surface area contributed by atoms with Crippen LogP contribution in [-0.4, -0.2) is 20.7 Å². The smallest absolute Gasteiger partial charge is 0.336 e.